The maximum absolute atomic E-state index is 12.6. The molecule has 1 atom stereocenters. The van der Waals surface area contributed by atoms with Crippen molar-refractivity contribution in [1.29, 1.82) is 0 Å². The number of carbonyl (C=O) groups is 2. The minimum absolute atomic E-state index is 0.0736. The van der Waals surface area contributed by atoms with Crippen molar-refractivity contribution in [3.05, 3.63) is 24.3 Å². The molecule has 1 saturated heterocycles. The number of nitrogens with one attached hydrogen (secondary N) is 3. The lowest BCUT2D eigenvalue weighted by molar-refractivity contribution is -0.126. The van der Waals surface area contributed by atoms with E-state index in [1.54, 1.807) is 12.1 Å². The Morgan fingerprint density at radius 1 is 1.19 bits per heavy atom. The molecule has 1 aliphatic rings. The molecule has 5 nitrogen and oxygen atoms in total. The number of hydrogen-bond donors (Lipinski definition) is 3. The zero-order valence-corrected chi connectivity index (χ0v) is 12.7. The van der Waals surface area contributed by atoms with Crippen LogP contribution in [0.3, 0.4) is 0 Å². The van der Waals surface area contributed by atoms with E-state index in [1.165, 1.54) is 6.92 Å². The van der Waals surface area contributed by atoms with Crippen LogP contribution in [0.4, 0.5) is 11.4 Å². The van der Waals surface area contributed by atoms with Crippen molar-refractivity contribution in [3.8, 4) is 0 Å². The van der Waals surface area contributed by atoms with E-state index in [-0.39, 0.29) is 17.2 Å². The summed E-state index contributed by atoms with van der Waals surface area (Å²) < 4.78 is 0. The average Bonchev–Trinajstić information content (AvgIpc) is 2.49. The van der Waals surface area contributed by atoms with Crippen molar-refractivity contribution in [2.75, 3.05) is 23.7 Å². The van der Waals surface area contributed by atoms with Crippen molar-refractivity contribution >= 4 is 23.2 Å². The quantitative estimate of drug-likeness (QED) is 0.797. The van der Waals surface area contributed by atoms with E-state index >= 15 is 0 Å². The standard InChI is InChI=1S/C16H23N3O2/c1-3-16(9-4-10-17-11-16)15(21)19-14-7-5-13(6-8-14)18-12(2)20/h5-8,17H,3-4,9-11H2,1-2H3,(H,18,20)(H,19,21). The fourth-order valence-electron chi connectivity index (χ4n) is 2.73. The van der Waals surface area contributed by atoms with Crippen LogP contribution < -0.4 is 16.0 Å². The Bertz CT molecular complexity index is 505. The van der Waals surface area contributed by atoms with E-state index in [4.69, 9.17) is 0 Å². The van der Waals surface area contributed by atoms with Crippen LogP contribution in [0.2, 0.25) is 0 Å². The van der Waals surface area contributed by atoms with Crippen LogP contribution in [-0.4, -0.2) is 24.9 Å². The maximum Gasteiger partial charge on any atom is 0.231 e. The predicted molar refractivity (Wildman–Crippen MR) is 84.2 cm³/mol. The fraction of sp³-hybridized carbons (Fsp3) is 0.500. The lowest BCUT2D eigenvalue weighted by atomic mass is 9.77. The summed E-state index contributed by atoms with van der Waals surface area (Å²) in [4.78, 5) is 23.5. The van der Waals surface area contributed by atoms with Crippen molar-refractivity contribution in [3.63, 3.8) is 0 Å². The largest absolute Gasteiger partial charge is 0.326 e. The summed E-state index contributed by atoms with van der Waals surface area (Å²) in [6.07, 6.45) is 2.78. The second-order valence-corrected chi connectivity index (χ2v) is 5.63. The highest BCUT2D eigenvalue weighted by Crippen LogP contribution is 2.31. The summed E-state index contributed by atoms with van der Waals surface area (Å²) in [6.45, 7) is 5.25. The van der Waals surface area contributed by atoms with E-state index in [9.17, 15) is 9.59 Å². The Morgan fingerprint density at radius 2 is 1.81 bits per heavy atom. The summed E-state index contributed by atoms with van der Waals surface area (Å²) in [7, 11) is 0. The van der Waals surface area contributed by atoms with Gasteiger partial charge in [0.1, 0.15) is 0 Å². The van der Waals surface area contributed by atoms with Gasteiger partial charge in [-0.1, -0.05) is 6.92 Å². The molecule has 0 aliphatic carbocycles. The van der Waals surface area contributed by atoms with E-state index in [0.717, 1.165) is 43.7 Å². The second-order valence-electron chi connectivity index (χ2n) is 5.63. The number of anilines is 2. The Balaban J connectivity index is 2.03. The van der Waals surface area contributed by atoms with Gasteiger partial charge in [-0.05, 0) is 50.1 Å². The van der Waals surface area contributed by atoms with Crippen molar-refractivity contribution < 1.29 is 9.59 Å². The Kier molecular flexibility index (Phi) is 4.96. The average molecular weight is 289 g/mol. The van der Waals surface area contributed by atoms with Crippen molar-refractivity contribution in [2.24, 2.45) is 5.41 Å². The first-order valence-electron chi connectivity index (χ1n) is 7.45. The molecule has 1 aromatic rings. The smallest absolute Gasteiger partial charge is 0.231 e. The SMILES string of the molecule is CCC1(C(=O)Nc2ccc(NC(C)=O)cc2)CCCNC1. The molecule has 1 aromatic carbocycles. The van der Waals surface area contributed by atoms with Crippen LogP contribution in [0.25, 0.3) is 0 Å². The van der Waals surface area contributed by atoms with Gasteiger partial charge in [-0.2, -0.15) is 0 Å². The highest BCUT2D eigenvalue weighted by atomic mass is 16.2. The molecule has 3 N–H and O–H groups in total. The first kappa shape index (κ1) is 15.5. The molecule has 1 fully saturated rings. The van der Waals surface area contributed by atoms with Gasteiger partial charge in [0, 0.05) is 24.8 Å². The summed E-state index contributed by atoms with van der Waals surface area (Å²) >= 11 is 0. The van der Waals surface area contributed by atoms with Crippen LogP contribution in [0.5, 0.6) is 0 Å². The zero-order chi connectivity index (χ0) is 15.3. The maximum atomic E-state index is 12.6. The Labute approximate surface area is 125 Å². The van der Waals surface area contributed by atoms with Gasteiger partial charge in [-0.15, -0.1) is 0 Å². The van der Waals surface area contributed by atoms with E-state index in [1.807, 2.05) is 12.1 Å². The van der Waals surface area contributed by atoms with E-state index in [0.29, 0.717) is 0 Å². The van der Waals surface area contributed by atoms with Gasteiger partial charge in [-0.3, -0.25) is 9.59 Å². The molecule has 1 aliphatic heterocycles. The second kappa shape index (κ2) is 6.72. The van der Waals surface area contributed by atoms with Crippen LogP contribution in [0.1, 0.15) is 33.1 Å². The molecule has 0 bridgehead atoms. The molecular weight excluding hydrogens is 266 g/mol. The minimum atomic E-state index is -0.311. The third-order valence-corrected chi connectivity index (χ3v) is 4.09. The van der Waals surface area contributed by atoms with Crippen LogP contribution >= 0.6 is 0 Å². The molecular formula is C16H23N3O2. The molecule has 0 saturated carbocycles. The first-order chi connectivity index (χ1) is 10.1. The van der Waals surface area contributed by atoms with Crippen LogP contribution in [0.15, 0.2) is 24.3 Å². The summed E-state index contributed by atoms with van der Waals surface area (Å²) in [5.41, 5.74) is 1.17. The van der Waals surface area contributed by atoms with Gasteiger partial charge in [0.2, 0.25) is 11.8 Å². The van der Waals surface area contributed by atoms with Crippen molar-refractivity contribution in [1.82, 2.24) is 5.32 Å². The Morgan fingerprint density at radius 3 is 2.29 bits per heavy atom. The molecule has 1 unspecified atom stereocenters. The van der Waals surface area contributed by atoms with Gasteiger partial charge < -0.3 is 16.0 Å². The Hall–Kier alpha value is -1.88. The summed E-state index contributed by atoms with van der Waals surface area (Å²) in [6, 6.07) is 7.19. The molecule has 2 rings (SSSR count). The molecule has 0 aromatic heterocycles. The summed E-state index contributed by atoms with van der Waals surface area (Å²) in [5.74, 6) is -0.0329. The van der Waals surface area contributed by atoms with Gasteiger partial charge >= 0.3 is 0 Å². The summed E-state index contributed by atoms with van der Waals surface area (Å²) in [5, 5.41) is 9.01. The minimum Gasteiger partial charge on any atom is -0.326 e. The number of carbonyl (C=O) groups excluding carboxylic acids is 2. The monoisotopic (exact) mass is 289 g/mol. The van der Waals surface area contributed by atoms with Crippen molar-refractivity contribution in [2.45, 2.75) is 33.1 Å². The first-order valence-corrected chi connectivity index (χ1v) is 7.45. The van der Waals surface area contributed by atoms with Gasteiger partial charge in [-0.25, -0.2) is 0 Å². The molecule has 2 amide bonds. The number of rotatable bonds is 4. The van der Waals surface area contributed by atoms with Crippen LogP contribution in [0, 0.1) is 5.41 Å². The van der Waals surface area contributed by atoms with Gasteiger partial charge in [0.25, 0.3) is 0 Å². The highest BCUT2D eigenvalue weighted by molar-refractivity contribution is 5.96. The fourth-order valence-corrected chi connectivity index (χ4v) is 2.73. The number of benzene rings is 1. The number of amides is 2. The number of piperidine rings is 1. The zero-order valence-electron chi connectivity index (χ0n) is 12.7. The molecule has 114 valence electrons. The third kappa shape index (κ3) is 3.82. The molecule has 0 spiro atoms. The number of hydrogen-bond acceptors (Lipinski definition) is 3. The topological polar surface area (TPSA) is 70.2 Å². The predicted octanol–water partition coefficient (Wildman–Crippen LogP) is 2.36. The lowest BCUT2D eigenvalue weighted by Gasteiger charge is -2.35. The van der Waals surface area contributed by atoms with E-state index in [2.05, 4.69) is 22.9 Å². The molecule has 5 heteroatoms. The lowest BCUT2D eigenvalue weighted by Crippen LogP contribution is -2.47. The molecule has 0 radical (unpaired) electrons. The van der Waals surface area contributed by atoms with Crippen LogP contribution in [-0.2, 0) is 9.59 Å². The molecule has 21 heavy (non-hydrogen) atoms. The highest BCUT2D eigenvalue weighted by Gasteiger charge is 2.37. The van der Waals surface area contributed by atoms with E-state index < -0.39 is 0 Å². The molecule has 1 heterocycles. The van der Waals surface area contributed by atoms with Gasteiger partial charge in [0.15, 0.2) is 0 Å². The third-order valence-electron chi connectivity index (χ3n) is 4.09. The van der Waals surface area contributed by atoms with Gasteiger partial charge in [0.05, 0.1) is 5.41 Å². The normalized spacial score (nSPS) is 21.6.